The monoisotopic (exact) mass is 291 g/mol. The van der Waals surface area contributed by atoms with E-state index >= 15 is 0 Å². The summed E-state index contributed by atoms with van der Waals surface area (Å²) in [4.78, 5) is 5.07. The van der Waals surface area contributed by atoms with Gasteiger partial charge in [-0.2, -0.15) is 0 Å². The molecule has 2 fully saturated rings. The lowest BCUT2D eigenvalue weighted by atomic mass is 10.1. The van der Waals surface area contributed by atoms with Crippen molar-refractivity contribution in [2.24, 2.45) is 0 Å². The summed E-state index contributed by atoms with van der Waals surface area (Å²) in [6.07, 6.45) is 2.65. The van der Waals surface area contributed by atoms with Crippen LogP contribution >= 0.6 is 0 Å². The Labute approximate surface area is 128 Å². The van der Waals surface area contributed by atoms with Gasteiger partial charge < -0.3 is 9.73 Å². The number of hydrogen-bond donors (Lipinski definition) is 1. The molecule has 1 saturated heterocycles. The minimum absolute atomic E-state index is 0.290. The Balaban J connectivity index is 1.44. The fraction of sp³-hybridized carbons (Fsp3) is 0.765. The number of nitrogens with zero attached hydrogens (tertiary/aromatic N) is 2. The largest absolute Gasteiger partial charge is 0.463 e. The molecule has 0 bridgehead atoms. The first-order valence-electron chi connectivity index (χ1n) is 8.29. The average Bonchev–Trinajstić information content (AvgIpc) is 3.16. The number of piperazine rings is 1. The maximum Gasteiger partial charge on any atom is 0.118 e. The average molecular weight is 291 g/mol. The second-order valence-corrected chi connectivity index (χ2v) is 7.46. The summed E-state index contributed by atoms with van der Waals surface area (Å²) in [5.74, 6) is 2.18. The molecule has 1 aromatic heterocycles. The minimum atomic E-state index is 0.290. The fourth-order valence-electron chi connectivity index (χ4n) is 2.93. The highest BCUT2D eigenvalue weighted by Gasteiger charge is 2.26. The molecule has 118 valence electrons. The lowest BCUT2D eigenvalue weighted by Crippen LogP contribution is -2.53. The standard InChI is InChI=1S/C17H29N3O/c1-17(2,3)20-10-8-19(9-11-20)13-16-7-6-15(21-16)12-18-14-4-5-14/h6-7,14,18H,4-5,8-13H2,1-3H3. The lowest BCUT2D eigenvalue weighted by Gasteiger charge is -2.42. The third-order valence-corrected chi connectivity index (χ3v) is 4.56. The lowest BCUT2D eigenvalue weighted by molar-refractivity contribution is 0.0561. The van der Waals surface area contributed by atoms with Crippen LogP contribution in [0.5, 0.6) is 0 Å². The summed E-state index contributed by atoms with van der Waals surface area (Å²) < 4.78 is 5.94. The smallest absolute Gasteiger partial charge is 0.118 e. The zero-order valence-corrected chi connectivity index (χ0v) is 13.7. The Bertz CT molecular complexity index is 451. The molecule has 0 atom stereocenters. The van der Waals surface area contributed by atoms with Crippen molar-refractivity contribution in [1.29, 1.82) is 0 Å². The van der Waals surface area contributed by atoms with E-state index < -0.39 is 0 Å². The van der Waals surface area contributed by atoms with Gasteiger partial charge in [-0.05, 0) is 45.7 Å². The molecule has 1 saturated carbocycles. The summed E-state index contributed by atoms with van der Waals surface area (Å²) >= 11 is 0. The van der Waals surface area contributed by atoms with Gasteiger partial charge in [0.05, 0.1) is 13.1 Å². The fourth-order valence-corrected chi connectivity index (χ4v) is 2.93. The van der Waals surface area contributed by atoms with Crippen molar-refractivity contribution in [2.75, 3.05) is 26.2 Å². The van der Waals surface area contributed by atoms with Crippen LogP contribution < -0.4 is 5.32 Å². The molecule has 0 amide bonds. The molecule has 1 aliphatic heterocycles. The third-order valence-electron chi connectivity index (χ3n) is 4.56. The molecular formula is C17H29N3O. The molecule has 2 heterocycles. The van der Waals surface area contributed by atoms with Crippen LogP contribution in [0.2, 0.25) is 0 Å². The topological polar surface area (TPSA) is 31.6 Å². The summed E-state index contributed by atoms with van der Waals surface area (Å²) in [7, 11) is 0. The second-order valence-electron chi connectivity index (χ2n) is 7.46. The molecule has 2 aliphatic rings. The highest BCUT2D eigenvalue weighted by molar-refractivity contribution is 5.07. The van der Waals surface area contributed by atoms with Crippen molar-refractivity contribution in [2.45, 2.75) is 58.3 Å². The Morgan fingerprint density at radius 2 is 1.76 bits per heavy atom. The van der Waals surface area contributed by atoms with Crippen molar-refractivity contribution in [3.8, 4) is 0 Å². The minimum Gasteiger partial charge on any atom is -0.463 e. The van der Waals surface area contributed by atoms with Gasteiger partial charge in [-0.15, -0.1) is 0 Å². The van der Waals surface area contributed by atoms with Crippen molar-refractivity contribution in [1.82, 2.24) is 15.1 Å². The maximum atomic E-state index is 5.94. The van der Waals surface area contributed by atoms with Crippen LogP contribution in [0, 0.1) is 0 Å². The zero-order valence-electron chi connectivity index (χ0n) is 13.7. The number of hydrogen-bond acceptors (Lipinski definition) is 4. The first kappa shape index (κ1) is 15.1. The van der Waals surface area contributed by atoms with Crippen LogP contribution in [0.15, 0.2) is 16.5 Å². The van der Waals surface area contributed by atoms with E-state index in [4.69, 9.17) is 4.42 Å². The number of furan rings is 1. The van der Waals surface area contributed by atoms with Crippen molar-refractivity contribution >= 4 is 0 Å². The van der Waals surface area contributed by atoms with Crippen LogP contribution in [0.1, 0.15) is 45.1 Å². The number of nitrogens with one attached hydrogen (secondary N) is 1. The Morgan fingerprint density at radius 1 is 1.10 bits per heavy atom. The van der Waals surface area contributed by atoms with Crippen molar-refractivity contribution in [3.63, 3.8) is 0 Å². The molecule has 0 aromatic carbocycles. The molecule has 1 aromatic rings. The molecule has 21 heavy (non-hydrogen) atoms. The molecule has 1 aliphatic carbocycles. The first-order valence-corrected chi connectivity index (χ1v) is 8.29. The third kappa shape index (κ3) is 4.31. The predicted octanol–water partition coefficient (Wildman–Crippen LogP) is 2.45. The van der Waals surface area contributed by atoms with Crippen LogP contribution in [0.4, 0.5) is 0 Å². The van der Waals surface area contributed by atoms with Gasteiger partial charge in [0.1, 0.15) is 11.5 Å². The molecular weight excluding hydrogens is 262 g/mol. The molecule has 3 rings (SSSR count). The maximum absolute atomic E-state index is 5.94. The van der Waals surface area contributed by atoms with Crippen LogP contribution in [0.3, 0.4) is 0 Å². The summed E-state index contributed by atoms with van der Waals surface area (Å²) in [6.45, 7) is 13.3. The molecule has 4 nitrogen and oxygen atoms in total. The van der Waals surface area contributed by atoms with Crippen molar-refractivity contribution in [3.05, 3.63) is 23.7 Å². The molecule has 0 unspecified atom stereocenters. The van der Waals surface area contributed by atoms with Gasteiger partial charge in [0.15, 0.2) is 0 Å². The summed E-state index contributed by atoms with van der Waals surface area (Å²) in [5, 5.41) is 3.50. The van der Waals surface area contributed by atoms with Gasteiger partial charge >= 0.3 is 0 Å². The zero-order chi connectivity index (χ0) is 14.9. The van der Waals surface area contributed by atoms with Crippen LogP contribution in [-0.4, -0.2) is 47.6 Å². The van der Waals surface area contributed by atoms with E-state index in [1.165, 1.54) is 12.8 Å². The van der Waals surface area contributed by atoms with Gasteiger partial charge in [-0.3, -0.25) is 9.80 Å². The molecule has 4 heteroatoms. The van der Waals surface area contributed by atoms with E-state index in [0.29, 0.717) is 5.54 Å². The SMILES string of the molecule is CC(C)(C)N1CCN(Cc2ccc(CNC3CC3)o2)CC1. The van der Waals surface area contributed by atoms with Gasteiger partial charge in [0.2, 0.25) is 0 Å². The van der Waals surface area contributed by atoms with Gasteiger partial charge in [-0.1, -0.05) is 0 Å². The number of rotatable bonds is 5. The van der Waals surface area contributed by atoms with Gasteiger partial charge in [0, 0.05) is 37.8 Å². The van der Waals surface area contributed by atoms with E-state index in [1.807, 2.05) is 0 Å². The van der Waals surface area contributed by atoms with E-state index in [1.54, 1.807) is 0 Å². The van der Waals surface area contributed by atoms with E-state index in [2.05, 4.69) is 48.0 Å². The Morgan fingerprint density at radius 3 is 2.38 bits per heavy atom. The Hall–Kier alpha value is -0.840. The highest BCUT2D eigenvalue weighted by Crippen LogP contribution is 2.20. The molecule has 1 N–H and O–H groups in total. The van der Waals surface area contributed by atoms with Gasteiger partial charge in [0.25, 0.3) is 0 Å². The highest BCUT2D eigenvalue weighted by atomic mass is 16.3. The van der Waals surface area contributed by atoms with Crippen LogP contribution in [-0.2, 0) is 13.1 Å². The van der Waals surface area contributed by atoms with Gasteiger partial charge in [-0.25, -0.2) is 0 Å². The van der Waals surface area contributed by atoms with E-state index in [9.17, 15) is 0 Å². The first-order chi connectivity index (χ1) is 10.0. The van der Waals surface area contributed by atoms with Crippen molar-refractivity contribution < 1.29 is 4.42 Å². The van der Waals surface area contributed by atoms with E-state index in [-0.39, 0.29) is 0 Å². The van der Waals surface area contributed by atoms with E-state index in [0.717, 1.165) is 56.8 Å². The van der Waals surface area contributed by atoms with Crippen LogP contribution in [0.25, 0.3) is 0 Å². The molecule has 0 radical (unpaired) electrons. The summed E-state index contributed by atoms with van der Waals surface area (Å²) in [5.41, 5.74) is 0.290. The molecule has 0 spiro atoms. The summed E-state index contributed by atoms with van der Waals surface area (Å²) in [6, 6.07) is 5.00. The normalized spacial score (nSPS) is 21.9. The Kier molecular flexibility index (Phi) is 4.38. The predicted molar refractivity (Wildman–Crippen MR) is 85.2 cm³/mol. The quantitative estimate of drug-likeness (QED) is 0.903. The second kappa shape index (κ2) is 6.11.